The summed E-state index contributed by atoms with van der Waals surface area (Å²) in [6.07, 6.45) is 1.44. The maximum atomic E-state index is 13.2. The molecule has 0 bridgehead atoms. The molecule has 1 aliphatic carbocycles. The molecule has 1 N–H and O–H groups in total. The van der Waals surface area contributed by atoms with Gasteiger partial charge in [-0.25, -0.2) is 0 Å². The van der Waals surface area contributed by atoms with Crippen molar-refractivity contribution < 1.29 is 14.7 Å². The third kappa shape index (κ3) is 3.16. The van der Waals surface area contributed by atoms with Gasteiger partial charge in [-0.3, -0.25) is 14.5 Å². The van der Waals surface area contributed by atoms with Gasteiger partial charge in [-0.1, -0.05) is 44.2 Å². The minimum absolute atomic E-state index is 0.0150. The number of rotatable bonds is 2. The Balaban J connectivity index is 1.89. The zero-order valence-electron chi connectivity index (χ0n) is 15.6. The van der Waals surface area contributed by atoms with Gasteiger partial charge in [-0.2, -0.15) is 0 Å². The molecule has 0 aromatic heterocycles. The van der Waals surface area contributed by atoms with Crippen LogP contribution in [0.4, 0.5) is 5.69 Å². The molecule has 1 heterocycles. The predicted octanol–water partition coefficient (Wildman–Crippen LogP) is 4.56. The molecule has 0 fully saturated rings. The molecule has 0 spiro atoms. The van der Waals surface area contributed by atoms with E-state index in [1.165, 1.54) is 0 Å². The normalized spacial score (nSPS) is 22.0. The molecule has 2 aromatic rings. The molecule has 27 heavy (non-hydrogen) atoms. The van der Waals surface area contributed by atoms with Crippen molar-refractivity contribution >= 4 is 17.4 Å². The number of hydrogen-bond acceptors (Lipinski definition) is 3. The van der Waals surface area contributed by atoms with Crippen molar-refractivity contribution in [3.05, 3.63) is 71.4 Å². The summed E-state index contributed by atoms with van der Waals surface area (Å²) in [6.45, 7) is 4.14. The number of amides is 1. The lowest BCUT2D eigenvalue weighted by atomic mass is 9.69. The van der Waals surface area contributed by atoms with Crippen LogP contribution in [-0.2, 0) is 9.59 Å². The minimum Gasteiger partial charge on any atom is -0.508 e. The number of benzene rings is 2. The largest absolute Gasteiger partial charge is 0.508 e. The second-order valence-electron chi connectivity index (χ2n) is 8.21. The average Bonchev–Trinajstić information content (AvgIpc) is 2.62. The first-order valence-electron chi connectivity index (χ1n) is 9.29. The molecule has 2 aromatic carbocycles. The molecule has 0 unspecified atom stereocenters. The van der Waals surface area contributed by atoms with E-state index < -0.39 is 0 Å². The van der Waals surface area contributed by atoms with Crippen LogP contribution in [-0.4, -0.2) is 16.8 Å². The Bertz CT molecular complexity index is 926. The Labute approximate surface area is 159 Å². The monoisotopic (exact) mass is 361 g/mol. The Hall–Kier alpha value is -2.88. The molecule has 4 heteroatoms. The van der Waals surface area contributed by atoms with Gasteiger partial charge in [-0.05, 0) is 41.7 Å². The van der Waals surface area contributed by atoms with Gasteiger partial charge < -0.3 is 5.11 Å². The molecule has 1 amide bonds. The summed E-state index contributed by atoms with van der Waals surface area (Å²) in [5.41, 5.74) is 3.10. The number of ketones is 1. The van der Waals surface area contributed by atoms with Crippen LogP contribution in [0.2, 0.25) is 0 Å². The summed E-state index contributed by atoms with van der Waals surface area (Å²) in [5, 5.41) is 9.60. The molecule has 0 saturated carbocycles. The predicted molar refractivity (Wildman–Crippen MR) is 104 cm³/mol. The molecule has 4 nitrogen and oxygen atoms in total. The van der Waals surface area contributed by atoms with E-state index in [1.54, 1.807) is 29.2 Å². The quantitative estimate of drug-likeness (QED) is 0.853. The van der Waals surface area contributed by atoms with E-state index in [-0.39, 0.29) is 35.2 Å². The summed E-state index contributed by atoms with van der Waals surface area (Å²) in [6, 6.07) is 16.4. The fourth-order valence-corrected chi connectivity index (χ4v) is 4.29. The van der Waals surface area contributed by atoms with Gasteiger partial charge >= 0.3 is 0 Å². The summed E-state index contributed by atoms with van der Waals surface area (Å²) in [7, 11) is 0. The minimum atomic E-state index is -0.191. The van der Waals surface area contributed by atoms with E-state index in [2.05, 4.69) is 13.8 Å². The fraction of sp³-hybridized carbons (Fsp3) is 0.304. The van der Waals surface area contributed by atoms with E-state index in [4.69, 9.17) is 0 Å². The lowest BCUT2D eigenvalue weighted by Crippen LogP contribution is -2.43. The zero-order chi connectivity index (χ0) is 19.2. The number of carbonyl (C=O) groups excluding carboxylic acids is 2. The zero-order valence-corrected chi connectivity index (χ0v) is 15.6. The highest BCUT2D eigenvalue weighted by atomic mass is 16.3. The van der Waals surface area contributed by atoms with Crippen molar-refractivity contribution in [3.8, 4) is 5.75 Å². The van der Waals surface area contributed by atoms with Crippen molar-refractivity contribution in [1.29, 1.82) is 0 Å². The average molecular weight is 361 g/mol. The SMILES string of the molecule is CC1(C)CC(=O)C2=C(C1)N(c1ccc(O)cc1)C(=O)C[C@@H]2c1ccccc1. The van der Waals surface area contributed by atoms with E-state index in [9.17, 15) is 14.7 Å². The molecule has 0 radical (unpaired) electrons. The second-order valence-corrected chi connectivity index (χ2v) is 8.21. The topological polar surface area (TPSA) is 57.6 Å². The number of hydrogen-bond donors (Lipinski definition) is 1. The van der Waals surface area contributed by atoms with Gasteiger partial charge in [0.05, 0.1) is 0 Å². The van der Waals surface area contributed by atoms with Crippen LogP contribution >= 0.6 is 0 Å². The number of phenols is 1. The van der Waals surface area contributed by atoms with E-state index >= 15 is 0 Å². The van der Waals surface area contributed by atoms with Crippen LogP contribution in [0.15, 0.2) is 65.9 Å². The van der Waals surface area contributed by atoms with Crippen LogP contribution < -0.4 is 4.90 Å². The highest BCUT2D eigenvalue weighted by molar-refractivity contribution is 6.07. The third-order valence-electron chi connectivity index (χ3n) is 5.45. The molecule has 2 aliphatic rings. The summed E-state index contributed by atoms with van der Waals surface area (Å²) in [4.78, 5) is 28.0. The van der Waals surface area contributed by atoms with E-state index in [0.29, 0.717) is 18.5 Å². The molecule has 138 valence electrons. The molecule has 1 aliphatic heterocycles. The highest BCUT2D eigenvalue weighted by Gasteiger charge is 2.44. The molecule has 0 saturated heterocycles. The third-order valence-corrected chi connectivity index (χ3v) is 5.45. The van der Waals surface area contributed by atoms with Crippen LogP contribution in [0.3, 0.4) is 0 Å². The van der Waals surface area contributed by atoms with Gasteiger partial charge in [0.1, 0.15) is 5.75 Å². The van der Waals surface area contributed by atoms with Gasteiger partial charge in [0, 0.05) is 35.7 Å². The molecule has 1 atom stereocenters. The van der Waals surface area contributed by atoms with Crippen LogP contribution in [0.5, 0.6) is 5.75 Å². The fourth-order valence-electron chi connectivity index (χ4n) is 4.29. The lowest BCUT2D eigenvalue weighted by molar-refractivity contribution is -0.121. The van der Waals surface area contributed by atoms with Gasteiger partial charge in [0.15, 0.2) is 5.78 Å². The van der Waals surface area contributed by atoms with Crippen molar-refractivity contribution in [1.82, 2.24) is 0 Å². The van der Waals surface area contributed by atoms with Crippen molar-refractivity contribution in [2.45, 2.75) is 39.0 Å². The Kier molecular flexibility index (Phi) is 4.14. The summed E-state index contributed by atoms with van der Waals surface area (Å²) < 4.78 is 0. The number of carbonyl (C=O) groups is 2. The van der Waals surface area contributed by atoms with Crippen LogP contribution in [0.25, 0.3) is 0 Å². The maximum absolute atomic E-state index is 13.2. The first-order chi connectivity index (χ1) is 12.9. The smallest absolute Gasteiger partial charge is 0.232 e. The van der Waals surface area contributed by atoms with E-state index in [1.807, 2.05) is 30.3 Å². The first kappa shape index (κ1) is 17.5. The molecular weight excluding hydrogens is 338 g/mol. The number of phenolic OH excluding ortho intramolecular Hbond substituents is 1. The Morgan fingerprint density at radius 1 is 0.963 bits per heavy atom. The first-order valence-corrected chi connectivity index (χ1v) is 9.29. The molecule has 4 rings (SSSR count). The van der Waals surface area contributed by atoms with Crippen molar-refractivity contribution in [2.75, 3.05) is 4.90 Å². The van der Waals surface area contributed by atoms with Gasteiger partial charge in [-0.15, -0.1) is 0 Å². The number of Topliss-reactive ketones (excluding diaryl/α,β-unsaturated/α-hetero) is 1. The van der Waals surface area contributed by atoms with Crippen LogP contribution in [0, 0.1) is 5.41 Å². The van der Waals surface area contributed by atoms with Crippen molar-refractivity contribution in [3.63, 3.8) is 0 Å². The number of allylic oxidation sites excluding steroid dienone is 2. The number of nitrogens with zero attached hydrogens (tertiary/aromatic N) is 1. The Morgan fingerprint density at radius 2 is 1.63 bits per heavy atom. The van der Waals surface area contributed by atoms with E-state index in [0.717, 1.165) is 16.8 Å². The summed E-state index contributed by atoms with van der Waals surface area (Å²) >= 11 is 0. The second kappa shape index (κ2) is 6.38. The van der Waals surface area contributed by atoms with Gasteiger partial charge in [0.25, 0.3) is 0 Å². The lowest BCUT2D eigenvalue weighted by Gasteiger charge is -2.43. The summed E-state index contributed by atoms with van der Waals surface area (Å²) in [5.74, 6) is 0.0791. The Morgan fingerprint density at radius 3 is 2.30 bits per heavy atom. The molecular formula is C23H23NO3. The number of aromatic hydroxyl groups is 1. The van der Waals surface area contributed by atoms with Gasteiger partial charge in [0.2, 0.25) is 5.91 Å². The number of anilines is 1. The standard InChI is InChI=1S/C23H23NO3/c1-23(2)13-19-22(20(26)14-23)18(15-6-4-3-5-7-15)12-21(27)24(19)16-8-10-17(25)11-9-16/h3-11,18,25H,12-14H2,1-2H3/t18-/m1/s1. The van der Waals surface area contributed by atoms with Crippen LogP contribution in [0.1, 0.15) is 44.6 Å². The highest BCUT2D eigenvalue weighted by Crippen LogP contribution is 2.48. The maximum Gasteiger partial charge on any atom is 0.232 e. The van der Waals surface area contributed by atoms with Crippen molar-refractivity contribution in [2.24, 2.45) is 5.41 Å².